The van der Waals surface area contributed by atoms with E-state index in [1.165, 1.54) is 19.8 Å². The van der Waals surface area contributed by atoms with Crippen molar-refractivity contribution in [2.24, 2.45) is 5.92 Å². The summed E-state index contributed by atoms with van der Waals surface area (Å²) in [7, 11) is 1.19. The quantitative estimate of drug-likeness (QED) is 0.417. The summed E-state index contributed by atoms with van der Waals surface area (Å²) in [6.45, 7) is 11.2. The molecular weight excluding hydrogens is 356 g/mol. The van der Waals surface area contributed by atoms with E-state index in [1.807, 2.05) is 37.3 Å². The molecule has 0 radical (unpaired) electrons. The molecule has 0 bridgehead atoms. The van der Waals surface area contributed by atoms with Crippen LogP contribution < -0.4 is 0 Å². The van der Waals surface area contributed by atoms with Crippen LogP contribution in [0.1, 0.15) is 25.3 Å². The number of rotatable bonds is 5. The third kappa shape index (κ3) is 4.24. The number of hydrogen-bond donors (Lipinski definition) is 0. The Kier molecular flexibility index (Phi) is 6.47. The first-order chi connectivity index (χ1) is 12.6. The molecule has 0 saturated carbocycles. The Hall–Kier alpha value is -2.14. The lowest BCUT2D eigenvalue weighted by Crippen LogP contribution is -2.34. The third-order valence-electron chi connectivity index (χ3n) is 5.66. The van der Waals surface area contributed by atoms with Crippen molar-refractivity contribution in [2.45, 2.75) is 44.9 Å². The highest BCUT2D eigenvalue weighted by Crippen LogP contribution is 2.46. The Morgan fingerprint density at radius 2 is 1.48 bits per heavy atom. The number of carbonyl (C=O) groups is 2. The summed E-state index contributed by atoms with van der Waals surface area (Å²) in [4.78, 5) is 25.4. The molecule has 3 atom stereocenters. The van der Waals surface area contributed by atoms with E-state index in [9.17, 15) is 9.59 Å². The van der Waals surface area contributed by atoms with Gasteiger partial charge in [0, 0.05) is 11.8 Å². The van der Waals surface area contributed by atoms with Crippen molar-refractivity contribution >= 4 is 20.0 Å². The number of methoxy groups -OCH3 is 2. The standard InChI is InChI=1S/C22H30O4Si/c1-14-17(15(2)27(5,6)7)13-18(16-11-9-8-10-12-16)20(22(24)26-4)19(14)21(23)25-3/h8-15,18H,1-7H3. The van der Waals surface area contributed by atoms with Crippen molar-refractivity contribution in [1.82, 2.24) is 0 Å². The molecule has 0 amide bonds. The molecule has 1 aliphatic rings. The van der Waals surface area contributed by atoms with Gasteiger partial charge in [-0.15, -0.1) is 0 Å². The minimum Gasteiger partial charge on any atom is -0.466 e. The molecule has 4 nitrogen and oxygen atoms in total. The lowest BCUT2D eigenvalue weighted by atomic mass is 9.74. The molecule has 2 rings (SSSR count). The van der Waals surface area contributed by atoms with Crippen molar-refractivity contribution in [3.63, 3.8) is 0 Å². The van der Waals surface area contributed by atoms with Crippen LogP contribution in [0.3, 0.4) is 0 Å². The maximum absolute atomic E-state index is 12.7. The number of ether oxygens (including phenoxy) is 2. The fourth-order valence-corrected chi connectivity index (χ4v) is 5.02. The molecule has 27 heavy (non-hydrogen) atoms. The van der Waals surface area contributed by atoms with Gasteiger partial charge in [-0.1, -0.05) is 75.5 Å². The highest BCUT2D eigenvalue weighted by molar-refractivity contribution is 6.78. The molecule has 0 spiro atoms. The van der Waals surface area contributed by atoms with Gasteiger partial charge in [0.1, 0.15) is 0 Å². The van der Waals surface area contributed by atoms with Crippen LogP contribution in [0.2, 0.25) is 25.2 Å². The van der Waals surface area contributed by atoms with Gasteiger partial charge in [-0.05, 0) is 11.1 Å². The second-order valence-corrected chi connectivity index (χ2v) is 13.8. The van der Waals surface area contributed by atoms with E-state index >= 15 is 0 Å². The summed E-state index contributed by atoms with van der Waals surface area (Å²) in [6.07, 6.45) is 2.17. The van der Waals surface area contributed by atoms with Crippen molar-refractivity contribution in [3.05, 3.63) is 58.7 Å². The summed E-state index contributed by atoms with van der Waals surface area (Å²) in [5, 5.41) is 0. The Morgan fingerprint density at radius 3 is 1.96 bits per heavy atom. The lowest BCUT2D eigenvalue weighted by molar-refractivity contribution is -0.140. The van der Waals surface area contributed by atoms with Gasteiger partial charge in [-0.25, -0.2) is 9.59 Å². The van der Waals surface area contributed by atoms with Gasteiger partial charge in [0.15, 0.2) is 0 Å². The molecule has 0 fully saturated rings. The average molecular weight is 387 g/mol. The van der Waals surface area contributed by atoms with E-state index in [2.05, 4.69) is 32.6 Å². The predicted molar refractivity (Wildman–Crippen MR) is 110 cm³/mol. The summed E-state index contributed by atoms with van der Waals surface area (Å²) >= 11 is 0. The molecule has 5 heteroatoms. The summed E-state index contributed by atoms with van der Waals surface area (Å²) in [5.74, 6) is -1.45. The van der Waals surface area contributed by atoms with Crippen molar-refractivity contribution in [2.75, 3.05) is 14.2 Å². The molecule has 3 unspecified atom stereocenters. The molecule has 1 aromatic carbocycles. The maximum atomic E-state index is 12.7. The molecular formula is C22H30O4Si. The predicted octanol–water partition coefficient (Wildman–Crippen LogP) is 4.72. The van der Waals surface area contributed by atoms with Gasteiger partial charge >= 0.3 is 11.9 Å². The van der Waals surface area contributed by atoms with E-state index in [0.717, 1.165) is 5.56 Å². The first-order valence-corrected chi connectivity index (χ1v) is 12.9. The molecule has 0 N–H and O–H groups in total. The Bertz CT molecular complexity index is 771. The minimum atomic E-state index is -1.51. The van der Waals surface area contributed by atoms with Gasteiger partial charge in [-0.3, -0.25) is 0 Å². The van der Waals surface area contributed by atoms with Crippen LogP contribution >= 0.6 is 0 Å². The zero-order valence-corrected chi connectivity index (χ0v) is 18.3. The number of benzene rings is 1. The average Bonchev–Trinajstić information content (AvgIpc) is 2.65. The number of allylic oxidation sites excluding steroid dienone is 2. The monoisotopic (exact) mass is 386 g/mol. The Morgan fingerprint density at radius 1 is 0.963 bits per heavy atom. The fraction of sp³-hybridized carbons (Fsp3) is 0.455. The van der Waals surface area contributed by atoms with Crippen LogP contribution in [0.4, 0.5) is 0 Å². The Labute approximate surface area is 163 Å². The minimum absolute atomic E-state index is 0.187. The largest absolute Gasteiger partial charge is 0.466 e. The zero-order chi connectivity index (χ0) is 20.4. The smallest absolute Gasteiger partial charge is 0.335 e. The van der Waals surface area contributed by atoms with E-state index in [0.29, 0.717) is 16.7 Å². The van der Waals surface area contributed by atoms with E-state index in [-0.39, 0.29) is 11.8 Å². The van der Waals surface area contributed by atoms with E-state index in [4.69, 9.17) is 9.47 Å². The van der Waals surface area contributed by atoms with Gasteiger partial charge in [0.05, 0.1) is 33.4 Å². The van der Waals surface area contributed by atoms with Crippen LogP contribution in [0.15, 0.2) is 53.1 Å². The van der Waals surface area contributed by atoms with Gasteiger partial charge in [0.2, 0.25) is 0 Å². The second kappa shape index (κ2) is 8.25. The molecule has 146 valence electrons. The Balaban J connectivity index is 2.75. The van der Waals surface area contributed by atoms with Crippen LogP contribution in [-0.4, -0.2) is 34.2 Å². The number of hydrogen-bond acceptors (Lipinski definition) is 4. The SMILES string of the molecule is COC(=O)C1=C(C(=O)OC)C(c2ccccc2)C=C(C(C)[Si](C)(C)C)C1C. The lowest BCUT2D eigenvalue weighted by Gasteiger charge is -2.37. The van der Waals surface area contributed by atoms with Crippen molar-refractivity contribution < 1.29 is 19.1 Å². The second-order valence-electron chi connectivity index (χ2n) is 8.17. The molecule has 0 saturated heterocycles. The van der Waals surface area contributed by atoms with Crippen molar-refractivity contribution in [1.29, 1.82) is 0 Å². The molecule has 0 aliphatic heterocycles. The maximum Gasteiger partial charge on any atom is 0.335 e. The molecule has 1 aliphatic carbocycles. The first-order valence-electron chi connectivity index (χ1n) is 9.30. The van der Waals surface area contributed by atoms with E-state index in [1.54, 1.807) is 0 Å². The van der Waals surface area contributed by atoms with Gasteiger partial charge < -0.3 is 9.47 Å². The fourth-order valence-electron chi connectivity index (χ4n) is 3.67. The van der Waals surface area contributed by atoms with E-state index < -0.39 is 20.0 Å². The summed E-state index contributed by atoms with van der Waals surface area (Å²) in [6, 6.07) is 9.77. The third-order valence-corrected chi connectivity index (χ3v) is 8.59. The van der Waals surface area contributed by atoms with Crippen LogP contribution in [0.5, 0.6) is 0 Å². The normalized spacial score (nSPS) is 21.4. The highest BCUT2D eigenvalue weighted by atomic mass is 28.3. The summed E-state index contributed by atoms with van der Waals surface area (Å²) in [5.41, 5.74) is 3.33. The topological polar surface area (TPSA) is 52.6 Å². The molecule has 0 heterocycles. The number of carbonyl (C=O) groups excluding carboxylic acids is 2. The molecule has 1 aromatic rings. The van der Waals surface area contributed by atoms with Crippen molar-refractivity contribution in [3.8, 4) is 0 Å². The van der Waals surface area contributed by atoms with Gasteiger partial charge in [0.25, 0.3) is 0 Å². The molecule has 0 aromatic heterocycles. The van der Waals surface area contributed by atoms with Crippen LogP contribution in [0.25, 0.3) is 0 Å². The highest BCUT2D eigenvalue weighted by Gasteiger charge is 2.40. The first kappa shape index (κ1) is 21.2. The van der Waals surface area contributed by atoms with Crippen LogP contribution in [0, 0.1) is 5.92 Å². The number of esters is 2. The zero-order valence-electron chi connectivity index (χ0n) is 17.3. The van der Waals surface area contributed by atoms with Crippen LogP contribution in [-0.2, 0) is 19.1 Å². The van der Waals surface area contributed by atoms with Gasteiger partial charge in [-0.2, -0.15) is 0 Å². The summed E-state index contributed by atoms with van der Waals surface area (Å²) < 4.78 is 10.1.